The van der Waals surface area contributed by atoms with E-state index in [9.17, 15) is 13.2 Å². The standard InChI is InChI=1S/C18H20N4O4S3/c1-26-15-6-4-12(10-21-15)11-3-5-13-14(9-11)28-18(22-13)16(29(2,24)25)17(23)20-7-8-27-19/h3-6,9-10,16H,7-8,19H2,1-2H3,(H,20,23). The third-order valence-electron chi connectivity index (χ3n) is 4.09. The number of methoxy groups -OCH3 is 1. The topological polar surface area (TPSA) is 124 Å². The van der Waals surface area contributed by atoms with Gasteiger partial charge >= 0.3 is 0 Å². The van der Waals surface area contributed by atoms with E-state index in [1.54, 1.807) is 25.4 Å². The molecule has 0 radical (unpaired) electrons. The molecular weight excluding hydrogens is 432 g/mol. The first-order valence-electron chi connectivity index (χ1n) is 8.52. The van der Waals surface area contributed by atoms with Gasteiger partial charge in [0, 0.05) is 36.4 Å². The minimum Gasteiger partial charge on any atom is -0.481 e. The van der Waals surface area contributed by atoms with E-state index in [4.69, 9.17) is 9.88 Å². The Morgan fingerprint density at radius 3 is 2.69 bits per heavy atom. The van der Waals surface area contributed by atoms with Gasteiger partial charge in [-0.15, -0.1) is 11.3 Å². The second kappa shape index (κ2) is 9.08. The number of amides is 1. The average molecular weight is 453 g/mol. The number of thiazole rings is 1. The van der Waals surface area contributed by atoms with Crippen LogP contribution in [-0.4, -0.2) is 50.0 Å². The molecule has 0 fully saturated rings. The van der Waals surface area contributed by atoms with Gasteiger partial charge in [-0.3, -0.25) is 9.93 Å². The lowest BCUT2D eigenvalue weighted by Gasteiger charge is -2.12. The summed E-state index contributed by atoms with van der Waals surface area (Å²) in [5.74, 6) is 0.409. The van der Waals surface area contributed by atoms with Crippen molar-refractivity contribution in [2.24, 2.45) is 5.14 Å². The molecule has 0 spiro atoms. The third kappa shape index (κ3) is 5.04. The normalized spacial score (nSPS) is 12.7. The molecule has 1 aromatic carbocycles. The van der Waals surface area contributed by atoms with Gasteiger partial charge in [-0.25, -0.2) is 18.4 Å². The molecule has 29 heavy (non-hydrogen) atoms. The van der Waals surface area contributed by atoms with Crippen LogP contribution in [0.1, 0.15) is 10.3 Å². The number of hydrogen-bond donors (Lipinski definition) is 2. The molecule has 1 atom stereocenters. The maximum atomic E-state index is 12.5. The minimum absolute atomic E-state index is 0.241. The van der Waals surface area contributed by atoms with Crippen molar-refractivity contribution in [1.29, 1.82) is 0 Å². The first kappa shape index (κ1) is 21.5. The summed E-state index contributed by atoms with van der Waals surface area (Å²) in [7, 11) is -2.15. The highest BCUT2D eigenvalue weighted by Crippen LogP contribution is 2.33. The molecule has 2 heterocycles. The number of benzene rings is 1. The summed E-state index contributed by atoms with van der Waals surface area (Å²) in [6.07, 6.45) is 2.74. The average Bonchev–Trinajstić information content (AvgIpc) is 3.09. The lowest BCUT2D eigenvalue weighted by Crippen LogP contribution is -2.34. The monoisotopic (exact) mass is 452 g/mol. The van der Waals surface area contributed by atoms with Crippen molar-refractivity contribution in [1.82, 2.24) is 15.3 Å². The Labute approximate surface area is 176 Å². The van der Waals surface area contributed by atoms with Gasteiger partial charge in [0.1, 0.15) is 5.01 Å². The fourth-order valence-electron chi connectivity index (χ4n) is 2.72. The SMILES string of the molecule is COc1ccc(-c2ccc3nc(C(C(=O)NCCSN)S(C)(=O)=O)sc3c2)cn1. The number of nitrogens with two attached hydrogens (primary N) is 1. The number of rotatable bonds is 8. The van der Waals surface area contributed by atoms with Crippen molar-refractivity contribution in [3.05, 3.63) is 41.5 Å². The van der Waals surface area contributed by atoms with Crippen LogP contribution in [0.3, 0.4) is 0 Å². The molecule has 0 aliphatic rings. The molecule has 8 nitrogen and oxygen atoms in total. The quantitative estimate of drug-likeness (QED) is 0.394. The predicted molar refractivity (Wildman–Crippen MR) is 117 cm³/mol. The Morgan fingerprint density at radius 2 is 2.07 bits per heavy atom. The first-order valence-corrected chi connectivity index (χ1v) is 12.3. The number of nitrogens with zero attached hydrogens (tertiary/aromatic N) is 2. The molecule has 0 bridgehead atoms. The van der Waals surface area contributed by atoms with E-state index in [2.05, 4.69) is 15.3 Å². The summed E-state index contributed by atoms with van der Waals surface area (Å²) in [4.78, 5) is 21.1. The van der Waals surface area contributed by atoms with Gasteiger partial charge in [0.05, 0.1) is 17.3 Å². The number of carbonyl (C=O) groups excluding carboxylic acids is 1. The van der Waals surface area contributed by atoms with Gasteiger partial charge in [-0.2, -0.15) is 0 Å². The van der Waals surface area contributed by atoms with Gasteiger partial charge in [0.2, 0.25) is 11.8 Å². The van der Waals surface area contributed by atoms with Gasteiger partial charge < -0.3 is 10.1 Å². The zero-order valence-electron chi connectivity index (χ0n) is 15.8. The highest BCUT2D eigenvalue weighted by molar-refractivity contribution is 7.97. The molecule has 0 aliphatic heterocycles. The summed E-state index contributed by atoms with van der Waals surface area (Å²) in [6.45, 7) is 0.283. The van der Waals surface area contributed by atoms with Crippen LogP contribution < -0.4 is 15.2 Å². The van der Waals surface area contributed by atoms with Crippen LogP contribution in [0.25, 0.3) is 21.3 Å². The Morgan fingerprint density at radius 1 is 1.31 bits per heavy atom. The first-order chi connectivity index (χ1) is 13.8. The van der Waals surface area contributed by atoms with E-state index < -0.39 is 21.0 Å². The van der Waals surface area contributed by atoms with Crippen molar-refractivity contribution >= 4 is 49.2 Å². The molecule has 2 aromatic heterocycles. The van der Waals surface area contributed by atoms with Crippen molar-refractivity contribution in [2.75, 3.05) is 25.7 Å². The van der Waals surface area contributed by atoms with E-state index in [-0.39, 0.29) is 11.6 Å². The van der Waals surface area contributed by atoms with Crippen molar-refractivity contribution in [2.45, 2.75) is 5.25 Å². The maximum Gasteiger partial charge on any atom is 0.245 e. The molecule has 3 rings (SSSR count). The van der Waals surface area contributed by atoms with Gasteiger partial charge in [-0.1, -0.05) is 18.0 Å². The molecular formula is C18H20N4O4S3. The number of ether oxygens (including phenoxy) is 1. The van der Waals surface area contributed by atoms with Gasteiger partial charge in [-0.05, 0) is 23.8 Å². The largest absolute Gasteiger partial charge is 0.481 e. The van der Waals surface area contributed by atoms with Crippen LogP contribution in [-0.2, 0) is 14.6 Å². The fourth-order valence-corrected chi connectivity index (χ4v) is 5.49. The van der Waals surface area contributed by atoms with Crippen LogP contribution in [0.15, 0.2) is 36.5 Å². The molecule has 0 saturated carbocycles. The number of pyridine rings is 1. The van der Waals surface area contributed by atoms with Gasteiger partial charge in [0.15, 0.2) is 15.1 Å². The molecule has 1 unspecified atom stereocenters. The van der Waals surface area contributed by atoms with E-state index in [0.29, 0.717) is 17.1 Å². The smallest absolute Gasteiger partial charge is 0.245 e. The van der Waals surface area contributed by atoms with Crippen LogP contribution in [0.4, 0.5) is 0 Å². The molecule has 3 aromatic rings. The van der Waals surface area contributed by atoms with Crippen LogP contribution in [0, 0.1) is 0 Å². The highest BCUT2D eigenvalue weighted by atomic mass is 32.2. The second-order valence-corrected chi connectivity index (χ2v) is 10.1. The Hall–Kier alpha value is -2.21. The zero-order valence-corrected chi connectivity index (χ0v) is 18.2. The predicted octanol–water partition coefficient (Wildman–Crippen LogP) is 2.18. The van der Waals surface area contributed by atoms with E-state index in [0.717, 1.165) is 34.0 Å². The molecule has 3 N–H and O–H groups in total. The number of nitrogens with one attached hydrogen (secondary N) is 1. The summed E-state index contributed by atoms with van der Waals surface area (Å²) in [5.41, 5.74) is 2.43. The molecule has 11 heteroatoms. The molecule has 0 aliphatic carbocycles. The van der Waals surface area contributed by atoms with Crippen molar-refractivity contribution in [3.8, 4) is 17.0 Å². The number of sulfone groups is 1. The molecule has 154 valence electrons. The van der Waals surface area contributed by atoms with E-state index in [1.165, 1.54) is 11.3 Å². The third-order valence-corrected chi connectivity index (χ3v) is 7.06. The lowest BCUT2D eigenvalue weighted by atomic mass is 10.1. The van der Waals surface area contributed by atoms with E-state index >= 15 is 0 Å². The maximum absolute atomic E-state index is 12.5. The summed E-state index contributed by atoms with van der Waals surface area (Å²) >= 11 is 2.26. The minimum atomic E-state index is -3.70. The fraction of sp³-hybridized carbons (Fsp3) is 0.278. The van der Waals surface area contributed by atoms with Crippen molar-refractivity contribution in [3.63, 3.8) is 0 Å². The van der Waals surface area contributed by atoms with Crippen LogP contribution in [0.2, 0.25) is 0 Å². The summed E-state index contributed by atoms with van der Waals surface area (Å²) in [5, 5.41) is 6.84. The zero-order chi connectivity index (χ0) is 21.0. The highest BCUT2D eigenvalue weighted by Gasteiger charge is 2.33. The number of carbonyl (C=O) groups is 1. The Kier molecular flexibility index (Phi) is 6.73. The van der Waals surface area contributed by atoms with Crippen molar-refractivity contribution < 1.29 is 17.9 Å². The van der Waals surface area contributed by atoms with Gasteiger partial charge in [0.25, 0.3) is 0 Å². The van der Waals surface area contributed by atoms with Crippen LogP contribution in [0.5, 0.6) is 5.88 Å². The number of aromatic nitrogens is 2. The Bertz CT molecular complexity index is 1110. The number of hydrogen-bond acceptors (Lipinski definition) is 9. The van der Waals surface area contributed by atoms with Crippen LogP contribution >= 0.6 is 23.3 Å². The lowest BCUT2D eigenvalue weighted by molar-refractivity contribution is -0.120. The molecule has 0 saturated heterocycles. The second-order valence-electron chi connectivity index (χ2n) is 6.20. The summed E-state index contributed by atoms with van der Waals surface area (Å²) in [6, 6.07) is 9.24. The van der Waals surface area contributed by atoms with E-state index in [1.807, 2.05) is 18.2 Å². The molecule has 1 amide bonds. The summed E-state index contributed by atoms with van der Waals surface area (Å²) < 4.78 is 30.4. The Balaban J connectivity index is 1.95. The number of fused-ring (bicyclic) bond motifs is 1.